The monoisotopic (exact) mass is 1730 g/mol. The summed E-state index contributed by atoms with van der Waals surface area (Å²) >= 11 is 0. The summed E-state index contributed by atoms with van der Waals surface area (Å²) in [5.74, 6) is -1.60. The predicted molar refractivity (Wildman–Crippen MR) is 509 cm³/mol. The van der Waals surface area contributed by atoms with Crippen LogP contribution in [-0.4, -0.2) is 95.9 Å². The second-order valence-electron chi connectivity index (χ2n) is 31.8. The third-order valence-corrected chi connectivity index (χ3v) is 22.0. The van der Waals surface area contributed by atoms with Crippen LogP contribution in [0.15, 0.2) is 182 Å². The van der Waals surface area contributed by atoms with Gasteiger partial charge in [0.05, 0.1) is 26.4 Å². The number of rotatable bonds is 90. The fourth-order valence-corrected chi connectivity index (χ4v) is 14.5. The van der Waals surface area contributed by atoms with E-state index in [1.54, 1.807) is 0 Å². The highest BCUT2D eigenvalue weighted by atomic mass is 31.2. The zero-order valence-corrected chi connectivity index (χ0v) is 78.2. The van der Waals surface area contributed by atoms with E-state index in [2.05, 4.69) is 203 Å². The third-order valence-electron chi connectivity index (χ3n) is 20.1. The summed E-state index contributed by atoms with van der Waals surface area (Å²) < 4.78 is 61.5. The number of ether oxygens (including phenoxy) is 3. The van der Waals surface area contributed by atoms with Crippen molar-refractivity contribution in [2.24, 2.45) is 0 Å². The molecule has 0 aliphatic rings. The number of hydrogen-bond donors (Lipinski definition) is 4. The molecule has 0 aliphatic heterocycles. The lowest BCUT2D eigenvalue weighted by atomic mass is 10.0. The van der Waals surface area contributed by atoms with E-state index in [4.69, 9.17) is 32.3 Å². The number of aliphatic hydroxyl groups excluding tert-OH is 2. The number of phosphoric acid groups is 2. The lowest BCUT2D eigenvalue weighted by molar-refractivity contribution is -0.161. The quantitative estimate of drug-likeness (QED) is 0.0146. The molecule has 0 rings (SSSR count). The molecule has 4 N–H and O–H groups in total. The van der Waals surface area contributed by atoms with Crippen LogP contribution in [0.1, 0.15) is 393 Å². The molecule has 0 aromatic rings. The molecule has 0 bridgehead atoms. The number of allylic oxidation sites excluding steroid dienone is 30. The molecule has 0 heterocycles. The van der Waals surface area contributed by atoms with Crippen LogP contribution in [0.4, 0.5) is 0 Å². The van der Waals surface area contributed by atoms with Crippen LogP contribution in [0.5, 0.6) is 0 Å². The molecular weight excluding hydrogens is 1560 g/mol. The van der Waals surface area contributed by atoms with Gasteiger partial charge in [-0.25, -0.2) is 9.13 Å². The summed E-state index contributed by atoms with van der Waals surface area (Å²) in [5.41, 5.74) is 0. The summed E-state index contributed by atoms with van der Waals surface area (Å²) in [4.78, 5) is 59.1. The first-order valence-electron chi connectivity index (χ1n) is 48.1. The highest BCUT2D eigenvalue weighted by Gasteiger charge is 2.30. The largest absolute Gasteiger partial charge is 0.472 e. The summed E-state index contributed by atoms with van der Waals surface area (Å²) in [6, 6.07) is 0. The fraction of sp³-hybridized carbons (Fsp3) is 0.680. The van der Waals surface area contributed by atoms with Crippen LogP contribution in [0, 0.1) is 0 Å². The highest BCUT2D eigenvalue weighted by molar-refractivity contribution is 7.47. The van der Waals surface area contributed by atoms with Crippen molar-refractivity contribution < 1.29 is 75.8 Å². The van der Waals surface area contributed by atoms with Gasteiger partial charge in [-0.3, -0.25) is 32.5 Å². The second-order valence-corrected chi connectivity index (χ2v) is 34.7. The first-order chi connectivity index (χ1) is 59.2. The zero-order chi connectivity index (χ0) is 87.9. The maximum Gasteiger partial charge on any atom is 0.472 e. The smallest absolute Gasteiger partial charge is 0.463 e. The first kappa shape index (κ1) is 116. The number of aliphatic hydroxyl groups is 2. The molecule has 0 radical (unpaired) electrons. The van der Waals surface area contributed by atoms with E-state index in [1.165, 1.54) is 167 Å². The maximum absolute atomic E-state index is 13.1. The molecule has 692 valence electrons. The first-order valence-corrected chi connectivity index (χ1v) is 51.1. The lowest BCUT2D eigenvalue weighted by Crippen LogP contribution is -2.30. The number of esters is 3. The van der Waals surface area contributed by atoms with E-state index in [0.29, 0.717) is 19.3 Å². The van der Waals surface area contributed by atoms with Gasteiger partial charge >= 0.3 is 33.6 Å². The Kier molecular flexibility index (Phi) is 89.6. The topological polar surface area (TPSA) is 231 Å². The lowest BCUT2D eigenvalue weighted by Gasteiger charge is -2.21. The van der Waals surface area contributed by atoms with Crippen LogP contribution < -0.4 is 0 Å². The van der Waals surface area contributed by atoms with Crippen LogP contribution in [0.25, 0.3) is 0 Å². The Morgan fingerprint density at radius 2 is 0.438 bits per heavy atom. The van der Waals surface area contributed by atoms with Crippen LogP contribution >= 0.6 is 15.6 Å². The van der Waals surface area contributed by atoms with Gasteiger partial charge in [-0.2, -0.15) is 0 Å². The summed E-state index contributed by atoms with van der Waals surface area (Å²) in [7, 11) is -9.83. The Bertz CT molecular complexity index is 2930. The van der Waals surface area contributed by atoms with Crippen LogP contribution in [0.3, 0.4) is 0 Å². The van der Waals surface area contributed by atoms with Crippen molar-refractivity contribution in [2.45, 2.75) is 411 Å². The van der Waals surface area contributed by atoms with Gasteiger partial charge in [-0.05, 0) is 161 Å². The molecular formula is C103H174O16P2. The average Bonchev–Trinajstić information content (AvgIpc) is 0.898. The van der Waals surface area contributed by atoms with Gasteiger partial charge in [0.15, 0.2) is 6.10 Å². The van der Waals surface area contributed by atoms with Gasteiger partial charge in [0.2, 0.25) is 0 Å². The normalized spacial score (nSPS) is 14.5. The van der Waals surface area contributed by atoms with Crippen LogP contribution in [0.2, 0.25) is 0 Å². The van der Waals surface area contributed by atoms with Crippen molar-refractivity contribution in [2.75, 3.05) is 39.6 Å². The average molecular weight is 1730 g/mol. The summed E-state index contributed by atoms with van der Waals surface area (Å²) in [5, 5.41) is 20.8. The van der Waals surface area contributed by atoms with Crippen molar-refractivity contribution in [3.63, 3.8) is 0 Å². The fourth-order valence-electron chi connectivity index (χ4n) is 12.9. The van der Waals surface area contributed by atoms with E-state index < -0.39 is 91.5 Å². The number of unbranched alkanes of at least 4 members (excludes halogenated alkanes) is 37. The maximum atomic E-state index is 13.1. The van der Waals surface area contributed by atoms with Crippen molar-refractivity contribution in [3.8, 4) is 0 Å². The molecule has 5 unspecified atom stereocenters. The predicted octanol–water partition coefficient (Wildman–Crippen LogP) is 30.0. The van der Waals surface area contributed by atoms with Crippen molar-refractivity contribution in [3.05, 3.63) is 182 Å². The second kappa shape index (κ2) is 93.8. The van der Waals surface area contributed by atoms with E-state index in [0.717, 1.165) is 167 Å². The SMILES string of the molecule is CC/C=C\C/C=C\C/C=C\C/C=C\C/C=C\C/C=C\CCCCCCC(=O)OC(COC(=O)CCCCCCCCCCCCC/C=C\C/C=C\C/C=C\C/C=C\CCCCC)COP(=O)(O)OCC(O)COP(=O)(O)OCC(O)COC(=O)CCCCCCCCCCCCCCCCCCCCC/C=C\C/C=C\C/C=C\C/C=C\C/C=C\CC. The Labute approximate surface area is 738 Å². The molecule has 16 nitrogen and oxygen atoms in total. The van der Waals surface area contributed by atoms with Crippen LogP contribution in [-0.2, 0) is 55.8 Å². The molecule has 0 spiro atoms. The molecule has 0 amide bonds. The number of carbonyl (C=O) groups is 3. The highest BCUT2D eigenvalue weighted by Crippen LogP contribution is 2.45. The molecule has 121 heavy (non-hydrogen) atoms. The zero-order valence-electron chi connectivity index (χ0n) is 76.4. The number of phosphoric ester groups is 2. The minimum Gasteiger partial charge on any atom is -0.463 e. The van der Waals surface area contributed by atoms with E-state index in [1.807, 2.05) is 0 Å². The Morgan fingerprint density at radius 3 is 0.694 bits per heavy atom. The summed E-state index contributed by atoms with van der Waals surface area (Å²) in [6.45, 7) is 2.44. The van der Waals surface area contributed by atoms with Crippen molar-refractivity contribution in [1.29, 1.82) is 0 Å². The van der Waals surface area contributed by atoms with Gasteiger partial charge in [0.25, 0.3) is 0 Å². The standard InChI is InChI=1S/C103H174O16P2/c1-4-7-10-13-16-19-22-25-28-31-34-37-40-42-44-45-46-47-48-49-50-51-53-55-57-59-62-65-68-71-74-77-80-83-86-89-101(106)113-92-98(104)93-115-120(109,110)116-94-99(105)95-117-121(111,112)118-97-100(119-103(108)91-88-85-82-79-76-73-70-67-64-61-56-39-36-33-30-27-24-21-18-15-12-9-6-3)96-114-102(107)90-87-84-81-78-75-72-69-66-63-60-58-54-52-43-41-38-35-32-29-26-23-20-17-14-11-8-5-2/h7,9-10,12,16-21,25-30,34-39,42-44,52,61,64,70,73,98-100,104-105H,4-6,8,11,13-15,22-24,31-33,40-41,45-51,53-60,62-63,65-69,71-72,74-97H2,1-3H3,(H,109,110)(H,111,112)/b10-7-,12-9-,19-16-,20-17-,21-18-,28-25-,29-26-,30-27-,37-34-,38-35-,39-36-,44-42-,52-43-,64-61-,73-70-. The van der Waals surface area contributed by atoms with Gasteiger partial charge < -0.3 is 34.2 Å². The van der Waals surface area contributed by atoms with E-state index >= 15 is 0 Å². The molecule has 0 saturated carbocycles. The number of carbonyl (C=O) groups excluding carboxylic acids is 3. The van der Waals surface area contributed by atoms with Crippen molar-refractivity contribution in [1.82, 2.24) is 0 Å². The van der Waals surface area contributed by atoms with Gasteiger partial charge in [0, 0.05) is 19.3 Å². The molecule has 0 fully saturated rings. The molecule has 0 aliphatic carbocycles. The molecule has 0 saturated heterocycles. The molecule has 5 atom stereocenters. The molecule has 0 aromatic heterocycles. The van der Waals surface area contributed by atoms with E-state index in [-0.39, 0.29) is 19.3 Å². The number of hydrogen-bond acceptors (Lipinski definition) is 14. The van der Waals surface area contributed by atoms with Gasteiger partial charge in [0.1, 0.15) is 25.4 Å². The molecule has 18 heteroatoms. The Morgan fingerprint density at radius 1 is 0.240 bits per heavy atom. The minimum atomic E-state index is -4.96. The third kappa shape index (κ3) is 95.2. The minimum absolute atomic E-state index is 0.0690. The van der Waals surface area contributed by atoms with E-state index in [9.17, 15) is 43.5 Å². The molecule has 0 aromatic carbocycles. The van der Waals surface area contributed by atoms with Gasteiger partial charge in [-0.1, -0.05) is 396 Å². The Hall–Kier alpha value is -5.35. The summed E-state index contributed by atoms with van der Waals surface area (Å²) in [6.07, 6.45) is 124. The van der Waals surface area contributed by atoms with Crippen molar-refractivity contribution >= 4 is 33.6 Å². The Balaban J connectivity index is 4.58. The van der Waals surface area contributed by atoms with Gasteiger partial charge in [-0.15, -0.1) is 0 Å².